The third-order valence-corrected chi connectivity index (χ3v) is 6.04. The third-order valence-electron chi connectivity index (χ3n) is 5.07. The molecule has 0 aliphatic carbocycles. The second-order valence-corrected chi connectivity index (χ2v) is 7.71. The van der Waals surface area contributed by atoms with Crippen molar-refractivity contribution in [2.24, 2.45) is 13.0 Å². The number of thiophene rings is 1. The van der Waals surface area contributed by atoms with Crippen molar-refractivity contribution < 1.29 is 4.79 Å². The van der Waals surface area contributed by atoms with Crippen LogP contribution in [0.2, 0.25) is 0 Å². The number of carbonyl (C=O) groups excluding carboxylic acids is 1. The molecule has 1 N–H and O–H groups in total. The van der Waals surface area contributed by atoms with Gasteiger partial charge in [0.1, 0.15) is 0 Å². The minimum absolute atomic E-state index is 0.0347. The zero-order chi connectivity index (χ0) is 17.1. The zero-order valence-electron chi connectivity index (χ0n) is 14.7. The van der Waals surface area contributed by atoms with E-state index in [1.807, 2.05) is 14.0 Å². The summed E-state index contributed by atoms with van der Waals surface area (Å²) in [6, 6.07) is 4.53. The number of nitrogens with one attached hydrogen (secondary N) is 1. The van der Waals surface area contributed by atoms with Crippen molar-refractivity contribution in [3.05, 3.63) is 39.8 Å². The van der Waals surface area contributed by atoms with Crippen LogP contribution in [0, 0.1) is 12.8 Å². The average molecular weight is 347 g/mol. The van der Waals surface area contributed by atoms with Crippen LogP contribution in [-0.4, -0.2) is 40.2 Å². The lowest BCUT2D eigenvalue weighted by Gasteiger charge is -2.36. The minimum Gasteiger partial charge on any atom is -0.350 e. The molecule has 2 aromatic heterocycles. The van der Waals surface area contributed by atoms with Gasteiger partial charge >= 0.3 is 0 Å². The maximum absolute atomic E-state index is 12.5. The maximum Gasteiger partial charge on any atom is 0.254 e. The molecule has 1 aliphatic heterocycles. The Balaban J connectivity index is 1.68. The van der Waals surface area contributed by atoms with E-state index in [4.69, 9.17) is 0 Å². The molecule has 6 heteroatoms. The Morgan fingerprint density at radius 3 is 2.79 bits per heavy atom. The van der Waals surface area contributed by atoms with Crippen LogP contribution in [0.25, 0.3) is 0 Å². The molecule has 24 heavy (non-hydrogen) atoms. The largest absolute Gasteiger partial charge is 0.350 e. The highest BCUT2D eigenvalue weighted by Gasteiger charge is 2.26. The van der Waals surface area contributed by atoms with Crippen LogP contribution in [0.4, 0.5) is 0 Å². The van der Waals surface area contributed by atoms with E-state index in [2.05, 4.69) is 39.8 Å². The molecule has 0 radical (unpaired) electrons. The molecule has 0 bridgehead atoms. The molecule has 1 aliphatic rings. The molecule has 1 amide bonds. The minimum atomic E-state index is -0.0347. The summed E-state index contributed by atoms with van der Waals surface area (Å²) in [5.74, 6) is 0.769. The monoisotopic (exact) mass is 346 g/mol. The number of likely N-dealkylation sites (tertiary alicyclic amines) is 1. The van der Waals surface area contributed by atoms with Gasteiger partial charge in [-0.2, -0.15) is 5.10 Å². The van der Waals surface area contributed by atoms with Gasteiger partial charge in [0.15, 0.2) is 0 Å². The van der Waals surface area contributed by atoms with Crippen LogP contribution < -0.4 is 5.32 Å². The molecule has 1 atom stereocenters. The summed E-state index contributed by atoms with van der Waals surface area (Å²) >= 11 is 1.77. The van der Waals surface area contributed by atoms with Gasteiger partial charge in [0, 0.05) is 24.2 Å². The van der Waals surface area contributed by atoms with Gasteiger partial charge in [-0.25, -0.2) is 0 Å². The predicted molar refractivity (Wildman–Crippen MR) is 97.3 cm³/mol. The Morgan fingerprint density at radius 2 is 2.21 bits per heavy atom. The summed E-state index contributed by atoms with van der Waals surface area (Å²) in [5, 5.41) is 9.40. The first-order valence-corrected chi connectivity index (χ1v) is 9.48. The lowest BCUT2D eigenvalue weighted by atomic mass is 9.97. The van der Waals surface area contributed by atoms with Crippen molar-refractivity contribution in [3.8, 4) is 0 Å². The lowest BCUT2D eigenvalue weighted by molar-refractivity contribution is 0.0914. The first-order valence-electron chi connectivity index (χ1n) is 8.60. The van der Waals surface area contributed by atoms with E-state index in [1.165, 1.54) is 17.7 Å². The van der Waals surface area contributed by atoms with E-state index in [0.29, 0.717) is 12.1 Å². The molecule has 1 saturated heterocycles. The fourth-order valence-electron chi connectivity index (χ4n) is 3.24. The van der Waals surface area contributed by atoms with E-state index in [-0.39, 0.29) is 11.9 Å². The summed E-state index contributed by atoms with van der Waals surface area (Å²) in [6.45, 7) is 7.09. The highest BCUT2D eigenvalue weighted by Crippen LogP contribution is 2.29. The average Bonchev–Trinajstić information content (AvgIpc) is 3.21. The highest BCUT2D eigenvalue weighted by molar-refractivity contribution is 7.10. The Morgan fingerprint density at radius 1 is 1.46 bits per heavy atom. The zero-order valence-corrected chi connectivity index (χ0v) is 15.5. The van der Waals surface area contributed by atoms with Gasteiger partial charge in [-0.1, -0.05) is 13.0 Å². The molecule has 130 valence electrons. The van der Waals surface area contributed by atoms with Crippen LogP contribution >= 0.6 is 11.3 Å². The van der Waals surface area contributed by atoms with Gasteiger partial charge in [-0.15, -0.1) is 11.3 Å². The number of aromatic nitrogens is 2. The Labute approximate surface area is 147 Å². The first-order chi connectivity index (χ1) is 11.6. The van der Waals surface area contributed by atoms with E-state index >= 15 is 0 Å². The van der Waals surface area contributed by atoms with Crippen LogP contribution in [-0.2, 0) is 7.05 Å². The van der Waals surface area contributed by atoms with E-state index in [0.717, 1.165) is 24.7 Å². The van der Waals surface area contributed by atoms with Gasteiger partial charge in [0.25, 0.3) is 5.91 Å². The summed E-state index contributed by atoms with van der Waals surface area (Å²) in [4.78, 5) is 16.4. The molecule has 3 heterocycles. The number of hydrogen-bond donors (Lipinski definition) is 1. The smallest absolute Gasteiger partial charge is 0.254 e. The number of aryl methyl sites for hydroxylation is 1. The van der Waals surface area contributed by atoms with Crippen molar-refractivity contribution in [1.82, 2.24) is 20.0 Å². The lowest BCUT2D eigenvalue weighted by Crippen LogP contribution is -2.41. The number of nitrogens with zero attached hydrogens (tertiary/aromatic N) is 3. The molecular formula is C18H26N4OS. The van der Waals surface area contributed by atoms with Crippen molar-refractivity contribution in [3.63, 3.8) is 0 Å². The molecule has 0 spiro atoms. The van der Waals surface area contributed by atoms with Crippen LogP contribution in [0.3, 0.4) is 0 Å². The molecular weight excluding hydrogens is 320 g/mol. The number of hydrogen-bond acceptors (Lipinski definition) is 4. The molecule has 5 nitrogen and oxygen atoms in total. The summed E-state index contributed by atoms with van der Waals surface area (Å²) in [5.41, 5.74) is 1.56. The van der Waals surface area contributed by atoms with E-state index in [9.17, 15) is 4.79 Å². The highest BCUT2D eigenvalue weighted by atomic mass is 32.1. The second kappa shape index (κ2) is 7.49. The van der Waals surface area contributed by atoms with Crippen LogP contribution in [0.1, 0.15) is 46.7 Å². The number of rotatable bonds is 5. The number of carbonyl (C=O) groups is 1. The maximum atomic E-state index is 12.5. The van der Waals surface area contributed by atoms with Gasteiger partial charge in [-0.3, -0.25) is 14.4 Å². The summed E-state index contributed by atoms with van der Waals surface area (Å²) in [7, 11) is 1.86. The molecule has 3 rings (SSSR count). The standard InChI is InChI=1S/C18H26N4OS/c1-13-6-8-22(9-7-13)16(17-5-4-10-24-17)12-19-18(23)15-11-20-21(3)14(15)2/h4-5,10-11,13,16H,6-9,12H2,1-3H3,(H,19,23). The Kier molecular flexibility index (Phi) is 5.36. The van der Waals surface area contributed by atoms with Crippen molar-refractivity contribution in [1.29, 1.82) is 0 Å². The van der Waals surface area contributed by atoms with E-state index in [1.54, 1.807) is 22.2 Å². The normalized spacial score (nSPS) is 17.8. The SMILES string of the molecule is Cc1c(C(=O)NCC(c2cccs2)N2CCC(C)CC2)cnn1C. The van der Waals surface area contributed by atoms with Crippen LogP contribution in [0.15, 0.2) is 23.7 Å². The van der Waals surface area contributed by atoms with Gasteiger partial charge in [-0.05, 0) is 50.2 Å². The van der Waals surface area contributed by atoms with Crippen molar-refractivity contribution >= 4 is 17.2 Å². The summed E-state index contributed by atoms with van der Waals surface area (Å²) in [6.07, 6.45) is 4.11. The molecule has 1 fully saturated rings. The quantitative estimate of drug-likeness (QED) is 0.905. The third kappa shape index (κ3) is 3.70. The predicted octanol–water partition coefficient (Wildman–Crippen LogP) is 2.99. The fourth-order valence-corrected chi connectivity index (χ4v) is 4.10. The molecule has 0 aromatic carbocycles. The topological polar surface area (TPSA) is 50.2 Å². The van der Waals surface area contributed by atoms with Gasteiger partial charge in [0.2, 0.25) is 0 Å². The van der Waals surface area contributed by atoms with Crippen molar-refractivity contribution in [2.75, 3.05) is 19.6 Å². The number of piperidine rings is 1. The Bertz CT molecular complexity index is 671. The molecule has 2 aromatic rings. The van der Waals surface area contributed by atoms with E-state index < -0.39 is 0 Å². The van der Waals surface area contributed by atoms with Crippen LogP contribution in [0.5, 0.6) is 0 Å². The summed E-state index contributed by atoms with van der Waals surface area (Å²) < 4.78 is 1.73. The fraction of sp³-hybridized carbons (Fsp3) is 0.556. The Hall–Kier alpha value is -1.66. The first kappa shape index (κ1) is 17.2. The molecule has 1 unspecified atom stereocenters. The van der Waals surface area contributed by atoms with Gasteiger partial charge < -0.3 is 5.32 Å². The second-order valence-electron chi connectivity index (χ2n) is 6.73. The van der Waals surface area contributed by atoms with Crippen molar-refractivity contribution in [2.45, 2.75) is 32.7 Å². The van der Waals surface area contributed by atoms with Gasteiger partial charge in [0.05, 0.1) is 17.8 Å². The number of amides is 1. The molecule has 0 saturated carbocycles.